The molecule has 0 aliphatic heterocycles. The van der Waals surface area contributed by atoms with Gasteiger partial charge in [-0.2, -0.15) is 0 Å². The first-order valence-corrected chi connectivity index (χ1v) is 6.77. The standard InChI is InChI=1S/C18H22/c1-14(2)11-17-5-4-6-18(13-17)12-16-9-7-15(3)8-10-16/h4-10,13-14H,11-12H2,1-3H3. The van der Waals surface area contributed by atoms with E-state index in [-0.39, 0.29) is 0 Å². The minimum atomic E-state index is 0.722. The van der Waals surface area contributed by atoms with Crippen LogP contribution in [0.4, 0.5) is 0 Å². The first-order chi connectivity index (χ1) is 8.63. The fraction of sp³-hybridized carbons (Fsp3) is 0.333. The Kier molecular flexibility index (Phi) is 4.19. The molecule has 0 aliphatic rings. The van der Waals surface area contributed by atoms with Gasteiger partial charge in [0, 0.05) is 0 Å². The van der Waals surface area contributed by atoms with E-state index in [0.717, 1.165) is 12.3 Å². The maximum atomic E-state index is 2.35. The van der Waals surface area contributed by atoms with Gasteiger partial charge < -0.3 is 0 Å². The van der Waals surface area contributed by atoms with Gasteiger partial charge in [-0.25, -0.2) is 0 Å². The van der Waals surface area contributed by atoms with Crippen molar-refractivity contribution < 1.29 is 0 Å². The Hall–Kier alpha value is -1.56. The lowest BCUT2D eigenvalue weighted by Gasteiger charge is -2.08. The first kappa shape index (κ1) is 12.9. The van der Waals surface area contributed by atoms with Crippen molar-refractivity contribution in [1.82, 2.24) is 0 Å². The predicted molar refractivity (Wildman–Crippen MR) is 79.0 cm³/mol. The zero-order chi connectivity index (χ0) is 13.0. The topological polar surface area (TPSA) is 0 Å². The molecule has 0 amide bonds. The lowest BCUT2D eigenvalue weighted by Crippen LogP contribution is -1.96. The van der Waals surface area contributed by atoms with Gasteiger partial charge in [0.25, 0.3) is 0 Å². The molecule has 0 fully saturated rings. The van der Waals surface area contributed by atoms with Gasteiger partial charge in [-0.3, -0.25) is 0 Å². The molecule has 0 bridgehead atoms. The summed E-state index contributed by atoms with van der Waals surface area (Å²) in [5, 5.41) is 0. The molecule has 0 saturated carbocycles. The molecule has 0 aromatic heterocycles. The molecule has 0 heteroatoms. The highest BCUT2D eigenvalue weighted by atomic mass is 14.1. The summed E-state index contributed by atoms with van der Waals surface area (Å²) in [4.78, 5) is 0. The van der Waals surface area contributed by atoms with Crippen molar-refractivity contribution >= 4 is 0 Å². The number of aryl methyl sites for hydroxylation is 1. The van der Waals surface area contributed by atoms with E-state index >= 15 is 0 Å². The highest BCUT2D eigenvalue weighted by molar-refractivity contribution is 5.31. The number of hydrogen-bond donors (Lipinski definition) is 0. The highest BCUT2D eigenvalue weighted by Crippen LogP contribution is 2.14. The fourth-order valence-corrected chi connectivity index (χ4v) is 2.28. The van der Waals surface area contributed by atoms with E-state index in [9.17, 15) is 0 Å². The number of hydrogen-bond acceptors (Lipinski definition) is 0. The van der Waals surface area contributed by atoms with Crippen molar-refractivity contribution in [3.8, 4) is 0 Å². The van der Waals surface area contributed by atoms with Crippen LogP contribution in [0.2, 0.25) is 0 Å². The second-order valence-corrected chi connectivity index (χ2v) is 5.58. The van der Waals surface area contributed by atoms with Crippen LogP contribution in [0.1, 0.15) is 36.1 Å². The summed E-state index contributed by atoms with van der Waals surface area (Å²) >= 11 is 0. The first-order valence-electron chi connectivity index (χ1n) is 6.77. The SMILES string of the molecule is Cc1ccc(Cc2cccc(CC(C)C)c2)cc1. The fourth-order valence-electron chi connectivity index (χ4n) is 2.28. The molecule has 0 spiro atoms. The van der Waals surface area contributed by atoms with Gasteiger partial charge in [-0.05, 0) is 42.4 Å². The van der Waals surface area contributed by atoms with Crippen LogP contribution in [0.5, 0.6) is 0 Å². The summed E-state index contributed by atoms with van der Waals surface area (Å²) in [6, 6.07) is 17.8. The largest absolute Gasteiger partial charge is 0.0625 e. The van der Waals surface area contributed by atoms with E-state index in [0.29, 0.717) is 0 Å². The molecule has 94 valence electrons. The van der Waals surface area contributed by atoms with Crippen LogP contribution >= 0.6 is 0 Å². The monoisotopic (exact) mass is 238 g/mol. The van der Waals surface area contributed by atoms with Crippen molar-refractivity contribution in [2.24, 2.45) is 5.92 Å². The molecule has 0 saturated heterocycles. The van der Waals surface area contributed by atoms with Gasteiger partial charge in [0.2, 0.25) is 0 Å². The molecule has 0 radical (unpaired) electrons. The summed E-state index contributed by atoms with van der Waals surface area (Å²) in [6.45, 7) is 6.67. The lowest BCUT2D eigenvalue weighted by atomic mass is 9.98. The highest BCUT2D eigenvalue weighted by Gasteiger charge is 2.00. The molecule has 18 heavy (non-hydrogen) atoms. The van der Waals surface area contributed by atoms with Crippen LogP contribution in [0, 0.1) is 12.8 Å². The van der Waals surface area contributed by atoms with Crippen molar-refractivity contribution in [3.05, 3.63) is 70.8 Å². The molecule has 2 rings (SSSR count). The molecular weight excluding hydrogens is 216 g/mol. The Morgan fingerprint density at radius 3 is 2.17 bits per heavy atom. The van der Waals surface area contributed by atoms with Gasteiger partial charge in [0.15, 0.2) is 0 Å². The van der Waals surface area contributed by atoms with E-state index in [1.807, 2.05) is 0 Å². The Labute approximate surface area is 111 Å². The zero-order valence-electron chi connectivity index (χ0n) is 11.6. The Morgan fingerprint density at radius 1 is 0.833 bits per heavy atom. The third kappa shape index (κ3) is 3.73. The molecule has 0 aliphatic carbocycles. The van der Waals surface area contributed by atoms with E-state index in [4.69, 9.17) is 0 Å². The lowest BCUT2D eigenvalue weighted by molar-refractivity contribution is 0.647. The zero-order valence-corrected chi connectivity index (χ0v) is 11.6. The average Bonchev–Trinajstić information content (AvgIpc) is 2.32. The quantitative estimate of drug-likeness (QED) is 0.718. The minimum absolute atomic E-state index is 0.722. The summed E-state index contributed by atoms with van der Waals surface area (Å²) < 4.78 is 0. The molecule has 0 unspecified atom stereocenters. The third-order valence-electron chi connectivity index (χ3n) is 3.16. The van der Waals surface area contributed by atoms with Crippen LogP contribution in [-0.2, 0) is 12.8 Å². The van der Waals surface area contributed by atoms with Crippen LogP contribution < -0.4 is 0 Å². The summed E-state index contributed by atoms with van der Waals surface area (Å²) in [6.07, 6.45) is 2.20. The van der Waals surface area contributed by atoms with Gasteiger partial charge in [-0.1, -0.05) is 67.9 Å². The van der Waals surface area contributed by atoms with Crippen LogP contribution in [0.15, 0.2) is 48.5 Å². The summed E-state index contributed by atoms with van der Waals surface area (Å²) in [7, 11) is 0. The Bertz CT molecular complexity index is 492. The summed E-state index contributed by atoms with van der Waals surface area (Å²) in [5.74, 6) is 0.722. The predicted octanol–water partition coefficient (Wildman–Crippen LogP) is 4.78. The molecule has 0 atom stereocenters. The smallest absolute Gasteiger partial charge is 0.00257 e. The normalized spacial score (nSPS) is 10.9. The Balaban J connectivity index is 2.11. The van der Waals surface area contributed by atoms with Crippen molar-refractivity contribution in [2.45, 2.75) is 33.6 Å². The van der Waals surface area contributed by atoms with Gasteiger partial charge >= 0.3 is 0 Å². The van der Waals surface area contributed by atoms with Crippen LogP contribution in [-0.4, -0.2) is 0 Å². The van der Waals surface area contributed by atoms with E-state index < -0.39 is 0 Å². The van der Waals surface area contributed by atoms with E-state index in [1.54, 1.807) is 0 Å². The van der Waals surface area contributed by atoms with Crippen molar-refractivity contribution in [2.75, 3.05) is 0 Å². The number of benzene rings is 2. The van der Waals surface area contributed by atoms with Crippen molar-refractivity contribution in [3.63, 3.8) is 0 Å². The molecular formula is C18H22. The van der Waals surface area contributed by atoms with E-state index in [1.165, 1.54) is 28.7 Å². The van der Waals surface area contributed by atoms with E-state index in [2.05, 4.69) is 69.3 Å². The molecule has 0 N–H and O–H groups in total. The van der Waals surface area contributed by atoms with Crippen molar-refractivity contribution in [1.29, 1.82) is 0 Å². The Morgan fingerprint density at radius 2 is 1.50 bits per heavy atom. The third-order valence-corrected chi connectivity index (χ3v) is 3.16. The summed E-state index contributed by atoms with van der Waals surface area (Å²) in [5.41, 5.74) is 5.58. The molecule has 2 aromatic carbocycles. The van der Waals surface area contributed by atoms with Crippen LogP contribution in [0.25, 0.3) is 0 Å². The number of rotatable bonds is 4. The molecule has 2 aromatic rings. The van der Waals surface area contributed by atoms with Gasteiger partial charge in [0.1, 0.15) is 0 Å². The second kappa shape index (κ2) is 5.86. The molecule has 0 heterocycles. The maximum absolute atomic E-state index is 2.35. The van der Waals surface area contributed by atoms with Crippen LogP contribution in [0.3, 0.4) is 0 Å². The van der Waals surface area contributed by atoms with Gasteiger partial charge in [-0.15, -0.1) is 0 Å². The van der Waals surface area contributed by atoms with Gasteiger partial charge in [0.05, 0.1) is 0 Å². The molecule has 0 nitrogen and oxygen atoms in total. The average molecular weight is 238 g/mol. The minimum Gasteiger partial charge on any atom is -0.0625 e. The maximum Gasteiger partial charge on any atom is -0.00257 e. The second-order valence-electron chi connectivity index (χ2n) is 5.58.